The van der Waals surface area contributed by atoms with Crippen molar-refractivity contribution in [2.45, 2.75) is 131 Å². The average Bonchev–Trinajstić information content (AvgIpc) is 4.12. The van der Waals surface area contributed by atoms with Crippen molar-refractivity contribution in [2.24, 2.45) is 0 Å². The second-order valence-electron chi connectivity index (χ2n) is 25.3. The maximum Gasteiger partial charge on any atom is 0.231 e. The quantitative estimate of drug-likeness (QED) is 0.113. The molecular weight excluding hydrogens is 915 g/mol. The highest BCUT2D eigenvalue weighted by Crippen LogP contribution is 2.41. The summed E-state index contributed by atoms with van der Waals surface area (Å²) in [4.78, 5) is 4.92. The zero-order valence-corrected chi connectivity index (χ0v) is 46.4. The van der Waals surface area contributed by atoms with Gasteiger partial charge in [0, 0.05) is 34.3 Å². The Hall–Kier alpha value is -7.57. The Bertz CT molecular complexity index is 4010. The first-order valence-electron chi connectivity index (χ1n) is 28.6. The van der Waals surface area contributed by atoms with Gasteiger partial charge in [0.2, 0.25) is 12.2 Å². The van der Waals surface area contributed by atoms with E-state index in [-0.39, 0.29) is 44.7 Å². The number of aromatic nitrogens is 5. The predicted molar refractivity (Wildman–Crippen MR) is 312 cm³/mol. The Balaban J connectivity index is 1.24. The van der Waals surface area contributed by atoms with Crippen molar-refractivity contribution in [2.75, 3.05) is 0 Å². The van der Waals surface area contributed by atoms with Gasteiger partial charge in [0.05, 0.1) is 23.6 Å². The molecule has 6 nitrogen and oxygen atoms in total. The molecule has 0 N–H and O–H groups in total. The zero-order valence-electron chi connectivity index (χ0n) is 51.4. The van der Waals surface area contributed by atoms with Gasteiger partial charge >= 0.3 is 0 Å². The molecule has 3 aromatic heterocycles. The van der Waals surface area contributed by atoms with Crippen LogP contribution in [0.15, 0.2) is 170 Å². The fraction of sp³-hybridized carbons (Fsp3) is 0.290. The van der Waals surface area contributed by atoms with E-state index in [1.807, 2.05) is 47.2 Å². The molecule has 0 saturated heterocycles. The standard InChI is InChI=1S/C69H73N5O/c1-65(2,3)48-26-21-25-46(35-48)64-71-73(44-72(64)63-56(45-23-17-16-18-24-45)28-22-29-57(63)47-36-50(67(7,8)9)38-51(37-47)68(10,11)12)53-39-52(69(13,14)15)40-55(42-53)75-54-31-32-59-58-27-19-20-30-60(58)74(61(59)43-54)62-41-49(33-34-70-62)66(4,5)6/h16-43H,1-15H3/i16D,17D,18D,23D,24D. The van der Waals surface area contributed by atoms with Crippen molar-refractivity contribution >= 4 is 21.8 Å². The predicted octanol–water partition coefficient (Wildman–Crippen LogP) is 17.7. The van der Waals surface area contributed by atoms with Gasteiger partial charge in [-0.25, -0.2) is 4.98 Å². The molecule has 0 atom stereocenters. The van der Waals surface area contributed by atoms with Gasteiger partial charge in [0.25, 0.3) is 0 Å². The van der Waals surface area contributed by atoms with Crippen molar-refractivity contribution in [3.8, 4) is 62.3 Å². The van der Waals surface area contributed by atoms with Crippen LogP contribution in [0.3, 0.4) is 0 Å². The summed E-state index contributed by atoms with van der Waals surface area (Å²) in [6.45, 7) is 33.0. The average molecular weight is 993 g/mol. The molecule has 0 unspecified atom stereocenters. The number of rotatable bonds is 8. The van der Waals surface area contributed by atoms with E-state index in [0.29, 0.717) is 34.3 Å². The largest absolute Gasteiger partial charge is 0.458 e. The molecule has 10 aromatic rings. The molecule has 0 fully saturated rings. The van der Waals surface area contributed by atoms with Crippen molar-refractivity contribution in [1.29, 1.82) is 0 Å². The summed E-state index contributed by atoms with van der Waals surface area (Å²) in [5, 5.41) is 7.70. The molecule has 0 radical (unpaired) electrons. The summed E-state index contributed by atoms with van der Waals surface area (Å²) < 4.78 is 58.2. The van der Waals surface area contributed by atoms with Gasteiger partial charge in [0.1, 0.15) is 17.3 Å². The minimum Gasteiger partial charge on any atom is -0.458 e. The van der Waals surface area contributed by atoms with Crippen LogP contribution < -0.4 is 9.30 Å². The third-order valence-corrected chi connectivity index (χ3v) is 14.3. The highest BCUT2D eigenvalue weighted by molar-refractivity contribution is 6.09. The lowest BCUT2D eigenvalue weighted by atomic mass is 9.78. The van der Waals surface area contributed by atoms with Gasteiger partial charge in [-0.05, 0) is 125 Å². The van der Waals surface area contributed by atoms with Crippen LogP contribution in [0.25, 0.3) is 72.6 Å². The normalized spacial score (nSPS) is 13.7. The Morgan fingerprint density at radius 3 is 1.73 bits per heavy atom. The zero-order chi connectivity index (χ0) is 57.8. The third kappa shape index (κ3) is 10.2. The number of benzene rings is 7. The molecule has 0 aliphatic rings. The lowest BCUT2D eigenvalue weighted by Crippen LogP contribution is -2.33. The molecule has 10 rings (SSSR count). The summed E-state index contributed by atoms with van der Waals surface area (Å²) in [6.07, 6.45) is 5.60. The summed E-state index contributed by atoms with van der Waals surface area (Å²) in [6, 6.07) is 44.1. The van der Waals surface area contributed by atoms with Crippen molar-refractivity contribution in [1.82, 2.24) is 19.3 Å². The van der Waals surface area contributed by atoms with E-state index >= 15 is 0 Å². The number of hydrogen-bond donors (Lipinski definition) is 0. The van der Waals surface area contributed by atoms with E-state index in [0.717, 1.165) is 66.6 Å². The third-order valence-electron chi connectivity index (χ3n) is 14.3. The Labute approximate surface area is 452 Å². The first-order chi connectivity index (χ1) is 37.4. The lowest BCUT2D eigenvalue weighted by Gasteiger charge is -2.27. The molecule has 6 heteroatoms. The monoisotopic (exact) mass is 993 g/mol. The van der Waals surface area contributed by atoms with E-state index in [4.69, 9.17) is 18.9 Å². The molecule has 7 aromatic carbocycles. The van der Waals surface area contributed by atoms with Crippen LogP contribution in [0.2, 0.25) is 0 Å². The summed E-state index contributed by atoms with van der Waals surface area (Å²) >= 11 is 0. The van der Waals surface area contributed by atoms with Gasteiger partial charge in [-0.15, -0.1) is 0 Å². The SMILES string of the molecule is [2H]c1c([2H])c([2H])c(-c2cccc(-c3cc(C(C)(C)C)cc(C(C)(C)C)c3)c2-[n+]2[c-]n(-c3cc(Oc4ccc5c6ccccc6n(-c6cc(C(C)(C)C)ccn6)c5c4)cc(C(C)(C)C)c3)nc2-c2cccc(C(C)(C)C)c2)c([2H])c1[2H]. The van der Waals surface area contributed by atoms with Gasteiger partial charge in [-0.2, -0.15) is 4.68 Å². The molecule has 75 heavy (non-hydrogen) atoms. The van der Waals surface area contributed by atoms with Gasteiger partial charge in [-0.3, -0.25) is 4.57 Å². The molecule has 0 bridgehead atoms. The topological polar surface area (TPSA) is 48.8 Å². The smallest absolute Gasteiger partial charge is 0.231 e. The van der Waals surface area contributed by atoms with E-state index < -0.39 is 18.1 Å². The van der Waals surface area contributed by atoms with E-state index in [2.05, 4.69) is 212 Å². The number of pyridine rings is 1. The molecule has 0 aliphatic carbocycles. The van der Waals surface area contributed by atoms with Crippen LogP contribution in [0, 0.1) is 6.33 Å². The maximum atomic E-state index is 9.42. The molecule has 0 spiro atoms. The van der Waals surface area contributed by atoms with Crippen LogP contribution in [-0.4, -0.2) is 19.3 Å². The van der Waals surface area contributed by atoms with Crippen LogP contribution in [0.5, 0.6) is 11.5 Å². The first-order valence-corrected chi connectivity index (χ1v) is 26.1. The minimum absolute atomic E-state index is 0.0762. The number of nitrogens with zero attached hydrogens (tertiary/aromatic N) is 5. The van der Waals surface area contributed by atoms with E-state index in [9.17, 15) is 2.74 Å². The summed E-state index contributed by atoms with van der Waals surface area (Å²) in [7, 11) is 0. The Morgan fingerprint density at radius 1 is 0.480 bits per heavy atom. The maximum absolute atomic E-state index is 9.42. The fourth-order valence-corrected chi connectivity index (χ4v) is 9.74. The van der Waals surface area contributed by atoms with Crippen molar-refractivity contribution in [3.63, 3.8) is 0 Å². The number of fused-ring (bicyclic) bond motifs is 3. The molecular formula is C69H73N5O. The summed E-state index contributed by atoms with van der Waals surface area (Å²) in [5.41, 5.74) is 10.8. The molecule has 0 aliphatic heterocycles. The molecule has 0 amide bonds. The van der Waals surface area contributed by atoms with Crippen LogP contribution >= 0.6 is 0 Å². The number of hydrogen-bond acceptors (Lipinski definition) is 3. The van der Waals surface area contributed by atoms with Gasteiger partial charge in [-0.1, -0.05) is 219 Å². The Kier molecular flexibility index (Phi) is 11.2. The molecule has 3 heterocycles. The number of ether oxygens (including phenoxy) is 1. The molecule has 0 saturated carbocycles. The summed E-state index contributed by atoms with van der Waals surface area (Å²) in [5.74, 6) is 2.61. The fourth-order valence-electron chi connectivity index (χ4n) is 9.74. The number of para-hydroxylation sites is 2. The highest BCUT2D eigenvalue weighted by atomic mass is 16.5. The van der Waals surface area contributed by atoms with Crippen molar-refractivity contribution in [3.05, 3.63) is 204 Å². The lowest BCUT2D eigenvalue weighted by molar-refractivity contribution is -0.587. The Morgan fingerprint density at radius 2 is 1.07 bits per heavy atom. The van der Waals surface area contributed by atoms with Gasteiger partial charge < -0.3 is 9.30 Å². The van der Waals surface area contributed by atoms with Crippen LogP contribution in [-0.2, 0) is 27.1 Å². The highest BCUT2D eigenvalue weighted by Gasteiger charge is 2.27. The van der Waals surface area contributed by atoms with Crippen molar-refractivity contribution < 1.29 is 16.2 Å². The van der Waals surface area contributed by atoms with E-state index in [1.54, 1.807) is 4.68 Å². The minimum atomic E-state index is -0.456. The second-order valence-corrected chi connectivity index (χ2v) is 25.3. The first kappa shape index (κ1) is 44.9. The molecule has 380 valence electrons. The van der Waals surface area contributed by atoms with Gasteiger partial charge in [0.15, 0.2) is 0 Å². The second kappa shape index (κ2) is 18.7. The van der Waals surface area contributed by atoms with Crippen LogP contribution in [0.4, 0.5) is 0 Å². The van der Waals surface area contributed by atoms with E-state index in [1.165, 1.54) is 5.56 Å². The van der Waals surface area contributed by atoms with Crippen LogP contribution in [0.1, 0.15) is 139 Å².